The fraction of sp³-hybridized carbons (Fsp3) is 0.857. The molecule has 16 heavy (non-hydrogen) atoms. The summed E-state index contributed by atoms with van der Waals surface area (Å²) in [6.45, 7) is 14.6. The molecule has 2 heteroatoms. The highest BCUT2D eigenvalue weighted by Gasteiger charge is 2.58. The van der Waals surface area contributed by atoms with Crippen LogP contribution in [-0.4, -0.2) is 8.07 Å². The Kier molecular flexibility index (Phi) is 2.68. The van der Waals surface area contributed by atoms with Gasteiger partial charge in [-0.3, -0.25) is 0 Å². The summed E-state index contributed by atoms with van der Waals surface area (Å²) in [4.78, 5) is 0. The molecule has 2 rings (SSSR count). The Morgan fingerprint density at radius 1 is 1.19 bits per heavy atom. The van der Waals surface area contributed by atoms with Gasteiger partial charge in [0.05, 0.1) is 8.07 Å². The van der Waals surface area contributed by atoms with Crippen molar-refractivity contribution < 1.29 is 0 Å². The highest BCUT2D eigenvalue weighted by Crippen LogP contribution is 2.66. The molecule has 0 radical (unpaired) electrons. The van der Waals surface area contributed by atoms with Crippen molar-refractivity contribution in [3.63, 3.8) is 0 Å². The summed E-state index contributed by atoms with van der Waals surface area (Å²) in [5, 5.41) is 2.90. The molecule has 0 bridgehead atoms. The van der Waals surface area contributed by atoms with E-state index >= 15 is 0 Å². The molecule has 2 aliphatic carbocycles. The molecule has 1 fully saturated rings. The van der Waals surface area contributed by atoms with Crippen molar-refractivity contribution in [2.24, 2.45) is 16.7 Å². The number of halogens is 1. The molecule has 0 aromatic heterocycles. The van der Waals surface area contributed by atoms with Crippen molar-refractivity contribution in [1.82, 2.24) is 0 Å². The van der Waals surface area contributed by atoms with Gasteiger partial charge in [0, 0.05) is 10.4 Å². The number of fused-ring (bicyclic) bond motifs is 1. The predicted octanol–water partition coefficient (Wildman–Crippen LogP) is 5.20. The molecule has 2 aliphatic rings. The summed E-state index contributed by atoms with van der Waals surface area (Å²) in [5.41, 5.74) is 0.646. The summed E-state index contributed by atoms with van der Waals surface area (Å²) in [6, 6.07) is 0. The van der Waals surface area contributed by atoms with Crippen LogP contribution in [0.5, 0.6) is 0 Å². The van der Waals surface area contributed by atoms with Crippen molar-refractivity contribution in [2.75, 3.05) is 0 Å². The molecule has 0 aromatic rings. The van der Waals surface area contributed by atoms with Gasteiger partial charge >= 0.3 is 0 Å². The lowest BCUT2D eigenvalue weighted by atomic mass is 9.72. The third kappa shape index (κ3) is 1.47. The quantitative estimate of drug-likeness (QED) is 0.566. The first-order valence-corrected chi connectivity index (χ1v) is 10.4. The van der Waals surface area contributed by atoms with Crippen molar-refractivity contribution >= 4 is 19.7 Å². The Balaban J connectivity index is 2.60. The minimum absolute atomic E-state index is 0.225. The molecule has 1 saturated carbocycles. The summed E-state index contributed by atoms with van der Waals surface area (Å²) in [7, 11) is -1.29. The minimum Gasteiger partial charge on any atom is -0.0890 e. The molecule has 2 atom stereocenters. The van der Waals surface area contributed by atoms with E-state index in [0.29, 0.717) is 5.41 Å². The molecule has 0 saturated heterocycles. The number of rotatable bonds is 1. The van der Waals surface area contributed by atoms with Gasteiger partial charge in [0.25, 0.3) is 0 Å². The Hall–Kier alpha value is 0.247. The summed E-state index contributed by atoms with van der Waals surface area (Å²) < 4.78 is 0. The largest absolute Gasteiger partial charge is 0.0890 e. The smallest absolute Gasteiger partial charge is 0.0747 e. The van der Waals surface area contributed by atoms with Gasteiger partial charge in [-0.15, -0.1) is 0 Å². The second-order valence-corrected chi connectivity index (χ2v) is 12.9. The van der Waals surface area contributed by atoms with Gasteiger partial charge in [-0.05, 0) is 24.2 Å². The van der Waals surface area contributed by atoms with E-state index in [1.165, 1.54) is 24.3 Å². The zero-order valence-corrected chi connectivity index (χ0v) is 13.3. The molecule has 92 valence electrons. The van der Waals surface area contributed by atoms with Gasteiger partial charge in [0.1, 0.15) is 0 Å². The van der Waals surface area contributed by atoms with Crippen LogP contribution in [0.25, 0.3) is 0 Å². The molecule has 0 nitrogen and oxygen atoms in total. The van der Waals surface area contributed by atoms with E-state index in [0.717, 1.165) is 5.92 Å². The second kappa shape index (κ2) is 3.38. The fourth-order valence-corrected chi connectivity index (χ4v) is 8.73. The number of allylic oxidation sites excluding steroid dienone is 2. The van der Waals surface area contributed by atoms with Crippen molar-refractivity contribution in [3.05, 3.63) is 10.2 Å². The van der Waals surface area contributed by atoms with Gasteiger partial charge < -0.3 is 0 Å². The fourth-order valence-electron chi connectivity index (χ4n) is 4.53. The molecular formula is C14H25ClSi. The zero-order valence-electron chi connectivity index (χ0n) is 11.6. The van der Waals surface area contributed by atoms with E-state index in [1.807, 2.05) is 0 Å². The molecule has 0 spiro atoms. The summed E-state index contributed by atoms with van der Waals surface area (Å²) in [5.74, 6) is 0.786. The lowest BCUT2D eigenvalue weighted by Crippen LogP contribution is -2.36. The topological polar surface area (TPSA) is 0 Å². The molecule has 2 unspecified atom stereocenters. The van der Waals surface area contributed by atoms with E-state index in [2.05, 4.69) is 40.4 Å². The molecular weight excluding hydrogens is 232 g/mol. The van der Waals surface area contributed by atoms with Crippen LogP contribution in [0.3, 0.4) is 0 Å². The van der Waals surface area contributed by atoms with Crippen molar-refractivity contribution in [3.8, 4) is 0 Å². The average Bonchev–Trinajstić information content (AvgIpc) is 2.50. The predicted molar refractivity (Wildman–Crippen MR) is 75.5 cm³/mol. The average molecular weight is 257 g/mol. The third-order valence-electron chi connectivity index (χ3n) is 4.94. The van der Waals surface area contributed by atoms with Crippen LogP contribution in [0, 0.1) is 16.7 Å². The maximum absolute atomic E-state index is 6.76. The van der Waals surface area contributed by atoms with E-state index in [9.17, 15) is 0 Å². The Labute approximate surface area is 106 Å². The Bertz CT molecular complexity index is 348. The van der Waals surface area contributed by atoms with E-state index < -0.39 is 8.07 Å². The molecule has 0 heterocycles. The van der Waals surface area contributed by atoms with E-state index in [4.69, 9.17) is 11.6 Å². The monoisotopic (exact) mass is 256 g/mol. The molecule has 0 N–H and O–H groups in total. The highest BCUT2D eigenvalue weighted by molar-refractivity contribution is 6.84. The summed E-state index contributed by atoms with van der Waals surface area (Å²) >= 11 is 6.76. The Morgan fingerprint density at radius 3 is 2.25 bits per heavy atom. The van der Waals surface area contributed by atoms with Gasteiger partial charge in [0.2, 0.25) is 0 Å². The number of hydrogen-bond donors (Lipinski definition) is 0. The molecule has 0 aliphatic heterocycles. The van der Waals surface area contributed by atoms with Crippen molar-refractivity contribution in [2.45, 2.75) is 59.7 Å². The van der Waals surface area contributed by atoms with Crippen LogP contribution in [0.4, 0.5) is 0 Å². The lowest BCUT2D eigenvalue weighted by molar-refractivity contribution is 0.197. The van der Waals surface area contributed by atoms with Crippen LogP contribution in [0.15, 0.2) is 10.2 Å². The van der Waals surface area contributed by atoms with Crippen LogP contribution in [0.1, 0.15) is 40.0 Å². The first-order valence-electron chi connectivity index (χ1n) is 6.53. The van der Waals surface area contributed by atoms with Gasteiger partial charge in [-0.1, -0.05) is 63.6 Å². The SMILES string of the molecule is CC1(C)C(Cl)=C([Si](C)(C)C)C2(C)CCCC12. The lowest BCUT2D eigenvalue weighted by Gasteiger charge is -2.37. The Morgan fingerprint density at radius 2 is 1.75 bits per heavy atom. The number of hydrogen-bond acceptors (Lipinski definition) is 0. The van der Waals surface area contributed by atoms with Gasteiger partial charge in [-0.25, -0.2) is 0 Å². The first kappa shape index (κ1) is 12.7. The van der Waals surface area contributed by atoms with Crippen molar-refractivity contribution in [1.29, 1.82) is 0 Å². The maximum Gasteiger partial charge on any atom is 0.0747 e. The standard InChI is InChI=1S/C14H25ClSi/c1-13(2)10-8-7-9-14(10,3)12(11(13)15)16(4,5)6/h10H,7-9H2,1-6H3. The van der Waals surface area contributed by atoms with Crippen LogP contribution in [0.2, 0.25) is 19.6 Å². The van der Waals surface area contributed by atoms with Gasteiger partial charge in [0.15, 0.2) is 0 Å². The summed E-state index contributed by atoms with van der Waals surface area (Å²) in [6.07, 6.45) is 4.12. The zero-order chi connectivity index (χ0) is 12.4. The highest BCUT2D eigenvalue weighted by atomic mass is 35.5. The third-order valence-corrected chi connectivity index (χ3v) is 8.09. The molecule has 0 aromatic carbocycles. The van der Waals surface area contributed by atoms with Gasteiger partial charge in [-0.2, -0.15) is 0 Å². The second-order valence-electron chi connectivity index (χ2n) is 7.52. The normalized spacial score (nSPS) is 38.1. The first-order chi connectivity index (χ1) is 7.12. The van der Waals surface area contributed by atoms with E-state index in [1.54, 1.807) is 5.20 Å². The van der Waals surface area contributed by atoms with E-state index in [-0.39, 0.29) is 5.41 Å². The van der Waals surface area contributed by atoms with Crippen LogP contribution in [-0.2, 0) is 0 Å². The molecule has 0 amide bonds. The minimum atomic E-state index is -1.29. The van der Waals surface area contributed by atoms with Crippen LogP contribution >= 0.6 is 11.6 Å². The van der Waals surface area contributed by atoms with Crippen LogP contribution < -0.4 is 0 Å². The maximum atomic E-state index is 6.76.